The molecule has 0 fully saturated rings. The maximum Gasteiger partial charge on any atom is 0.232 e. The number of hydrogen-bond donors (Lipinski definition) is 0. The van der Waals surface area contributed by atoms with E-state index in [4.69, 9.17) is 0 Å². The van der Waals surface area contributed by atoms with E-state index in [2.05, 4.69) is 9.40 Å². The van der Waals surface area contributed by atoms with Gasteiger partial charge in [-0.2, -0.15) is 0 Å². The Bertz CT molecular complexity index is 508. The first-order chi connectivity index (χ1) is 7.54. The molecule has 2 aromatic rings. The summed E-state index contributed by atoms with van der Waals surface area (Å²) < 4.78 is 68.9. The van der Waals surface area contributed by atoms with Crippen LogP contribution in [0.5, 0.6) is 0 Å². The predicted octanol–water partition coefficient (Wildman–Crippen LogP) is 2.84. The first-order valence-electron chi connectivity index (χ1n) is 3.87. The summed E-state index contributed by atoms with van der Waals surface area (Å²) in [5, 5.41) is 0. The van der Waals surface area contributed by atoms with E-state index in [-0.39, 0.29) is 0 Å². The van der Waals surface area contributed by atoms with Gasteiger partial charge < -0.3 is 4.42 Å². The third kappa shape index (κ3) is 1.36. The second-order valence-electron chi connectivity index (χ2n) is 2.73. The van der Waals surface area contributed by atoms with E-state index in [1.165, 1.54) is 0 Å². The van der Waals surface area contributed by atoms with Crippen LogP contribution < -0.4 is 0 Å². The molecule has 0 N–H and O–H groups in total. The number of aromatic nitrogens is 1. The van der Waals surface area contributed by atoms with Crippen LogP contribution in [-0.4, -0.2) is 4.98 Å². The van der Waals surface area contributed by atoms with Gasteiger partial charge in [0.15, 0.2) is 23.3 Å². The summed E-state index contributed by atoms with van der Waals surface area (Å²) in [7, 11) is 0. The number of benzene rings is 1. The second kappa shape index (κ2) is 3.58. The van der Waals surface area contributed by atoms with Crippen molar-refractivity contribution in [2.45, 2.75) is 0 Å². The first-order valence-corrected chi connectivity index (χ1v) is 3.87. The SMILES string of the molecule is Fc1c(F)c(F)c(-c2n[c]co2)c(F)c1F. The standard InChI is InChI=1S/C9HF5NO/c10-4-3(9-15-1-2-16-9)5(11)7(13)8(14)6(4)12/h2H. The van der Waals surface area contributed by atoms with Gasteiger partial charge in [-0.15, -0.1) is 0 Å². The van der Waals surface area contributed by atoms with Gasteiger partial charge in [0.05, 0.1) is 0 Å². The maximum atomic E-state index is 13.1. The highest BCUT2D eigenvalue weighted by molar-refractivity contribution is 5.55. The van der Waals surface area contributed by atoms with Crippen LogP contribution in [0.4, 0.5) is 22.0 Å². The number of halogens is 5. The van der Waals surface area contributed by atoms with E-state index in [1.807, 2.05) is 6.20 Å². The molecule has 0 atom stereocenters. The molecule has 0 bridgehead atoms. The predicted molar refractivity (Wildman–Crippen MR) is 40.6 cm³/mol. The lowest BCUT2D eigenvalue weighted by Crippen LogP contribution is -2.04. The average molecular weight is 234 g/mol. The molecule has 1 radical (unpaired) electrons. The van der Waals surface area contributed by atoms with Gasteiger partial charge in [-0.3, -0.25) is 0 Å². The van der Waals surface area contributed by atoms with Crippen LogP contribution >= 0.6 is 0 Å². The molecule has 0 saturated heterocycles. The van der Waals surface area contributed by atoms with E-state index in [0.717, 1.165) is 6.26 Å². The minimum Gasteiger partial charge on any atom is -0.444 e. The van der Waals surface area contributed by atoms with E-state index in [0.29, 0.717) is 0 Å². The summed E-state index contributed by atoms with van der Waals surface area (Å²) >= 11 is 0. The molecule has 7 heteroatoms. The normalized spacial score (nSPS) is 10.8. The van der Waals surface area contributed by atoms with Crippen molar-refractivity contribution in [2.75, 3.05) is 0 Å². The van der Waals surface area contributed by atoms with Crippen LogP contribution in [0, 0.1) is 35.3 Å². The topological polar surface area (TPSA) is 26.0 Å². The minimum atomic E-state index is -2.23. The summed E-state index contributed by atoms with van der Waals surface area (Å²) in [6.07, 6.45) is 2.87. The summed E-state index contributed by atoms with van der Waals surface area (Å²) in [4.78, 5) is 3.19. The Morgan fingerprint density at radius 1 is 0.875 bits per heavy atom. The Labute approximate surface area is 85.3 Å². The van der Waals surface area contributed by atoms with Gasteiger partial charge in [0.25, 0.3) is 0 Å². The molecule has 0 aliphatic heterocycles. The van der Waals surface area contributed by atoms with Crippen LogP contribution in [0.3, 0.4) is 0 Å². The largest absolute Gasteiger partial charge is 0.444 e. The van der Waals surface area contributed by atoms with Crippen LogP contribution in [0.25, 0.3) is 11.5 Å². The fraction of sp³-hybridized carbons (Fsp3) is 0. The van der Waals surface area contributed by atoms with Gasteiger partial charge in [0.2, 0.25) is 11.7 Å². The fourth-order valence-corrected chi connectivity index (χ4v) is 1.10. The van der Waals surface area contributed by atoms with Gasteiger partial charge in [-0.05, 0) is 0 Å². The molecule has 0 saturated carbocycles. The third-order valence-corrected chi connectivity index (χ3v) is 1.81. The van der Waals surface area contributed by atoms with Crippen LogP contribution in [-0.2, 0) is 0 Å². The van der Waals surface area contributed by atoms with E-state index >= 15 is 0 Å². The van der Waals surface area contributed by atoms with Gasteiger partial charge >= 0.3 is 0 Å². The van der Waals surface area contributed by atoms with E-state index in [1.54, 1.807) is 0 Å². The number of hydrogen-bond acceptors (Lipinski definition) is 2. The molecule has 0 aliphatic rings. The highest BCUT2D eigenvalue weighted by atomic mass is 19.2. The van der Waals surface area contributed by atoms with Crippen molar-refractivity contribution in [3.63, 3.8) is 0 Å². The van der Waals surface area contributed by atoms with Crippen molar-refractivity contribution in [3.05, 3.63) is 41.5 Å². The zero-order chi connectivity index (χ0) is 11.9. The summed E-state index contributed by atoms with van der Waals surface area (Å²) in [6, 6.07) is 0. The Morgan fingerprint density at radius 3 is 1.81 bits per heavy atom. The number of rotatable bonds is 1. The van der Waals surface area contributed by atoms with Crippen molar-refractivity contribution in [1.82, 2.24) is 4.98 Å². The lowest BCUT2D eigenvalue weighted by Gasteiger charge is -2.04. The van der Waals surface area contributed by atoms with Gasteiger partial charge in [0, 0.05) is 0 Å². The van der Waals surface area contributed by atoms with Crippen LogP contribution in [0.15, 0.2) is 10.7 Å². The Kier molecular flexibility index (Phi) is 2.37. The Hall–Kier alpha value is -1.92. The molecule has 0 unspecified atom stereocenters. The molecule has 1 aromatic carbocycles. The van der Waals surface area contributed by atoms with Crippen LogP contribution in [0.1, 0.15) is 0 Å². The molecule has 0 aliphatic carbocycles. The van der Waals surface area contributed by atoms with Crippen molar-refractivity contribution in [3.8, 4) is 11.5 Å². The van der Waals surface area contributed by atoms with Crippen LogP contribution in [0.2, 0.25) is 0 Å². The van der Waals surface area contributed by atoms with Gasteiger partial charge in [0.1, 0.15) is 18.0 Å². The van der Waals surface area contributed by atoms with E-state index in [9.17, 15) is 22.0 Å². The molecule has 0 spiro atoms. The average Bonchev–Trinajstić information content (AvgIpc) is 2.77. The molecule has 1 aromatic heterocycles. The summed E-state index contributed by atoms with van der Waals surface area (Å²) in [6.45, 7) is 0. The summed E-state index contributed by atoms with van der Waals surface area (Å²) in [5.41, 5.74) is -1.21. The van der Waals surface area contributed by atoms with Crippen molar-refractivity contribution >= 4 is 0 Å². The van der Waals surface area contributed by atoms with E-state index < -0.39 is 40.5 Å². The third-order valence-electron chi connectivity index (χ3n) is 1.81. The molecule has 16 heavy (non-hydrogen) atoms. The Balaban J connectivity index is 2.81. The molecule has 83 valence electrons. The zero-order valence-electron chi connectivity index (χ0n) is 7.32. The molecule has 2 nitrogen and oxygen atoms in total. The fourth-order valence-electron chi connectivity index (χ4n) is 1.10. The van der Waals surface area contributed by atoms with Crippen molar-refractivity contribution in [2.24, 2.45) is 0 Å². The zero-order valence-corrected chi connectivity index (χ0v) is 7.32. The lowest BCUT2D eigenvalue weighted by atomic mass is 10.1. The first kappa shape index (κ1) is 10.6. The smallest absolute Gasteiger partial charge is 0.232 e. The summed E-state index contributed by atoms with van der Waals surface area (Å²) in [5.74, 6) is -11.0. The Morgan fingerprint density at radius 2 is 1.38 bits per heavy atom. The molecular formula is C9HF5NO. The van der Waals surface area contributed by atoms with Gasteiger partial charge in [-0.1, -0.05) is 0 Å². The monoisotopic (exact) mass is 234 g/mol. The van der Waals surface area contributed by atoms with Crippen molar-refractivity contribution in [1.29, 1.82) is 0 Å². The van der Waals surface area contributed by atoms with Crippen molar-refractivity contribution < 1.29 is 26.4 Å². The number of nitrogens with zero attached hydrogens (tertiary/aromatic N) is 1. The highest BCUT2D eigenvalue weighted by Crippen LogP contribution is 2.30. The number of oxazole rings is 1. The quantitative estimate of drug-likeness (QED) is 0.430. The molecule has 1 heterocycles. The lowest BCUT2D eigenvalue weighted by molar-refractivity contribution is 0.378. The minimum absolute atomic E-state index is 0.729. The van der Waals surface area contributed by atoms with Gasteiger partial charge in [-0.25, -0.2) is 26.9 Å². The molecular weight excluding hydrogens is 233 g/mol. The second-order valence-corrected chi connectivity index (χ2v) is 2.73. The maximum absolute atomic E-state index is 13.1. The molecule has 0 amide bonds. The molecule has 2 rings (SSSR count). The highest BCUT2D eigenvalue weighted by Gasteiger charge is 2.28.